The van der Waals surface area contributed by atoms with E-state index < -0.39 is 33.6 Å². The summed E-state index contributed by atoms with van der Waals surface area (Å²) < 4.78 is 57.2. The number of sulfonamides is 1. The summed E-state index contributed by atoms with van der Waals surface area (Å²) in [7, 11) is -2.44. The van der Waals surface area contributed by atoms with Gasteiger partial charge in [-0.15, -0.1) is 10.2 Å². The molecule has 0 radical (unpaired) electrons. The van der Waals surface area contributed by atoms with E-state index in [-0.39, 0.29) is 10.8 Å². The number of carbonyl (C=O) groups excluding carboxylic acids is 1. The minimum atomic E-state index is -3.99. The van der Waals surface area contributed by atoms with Gasteiger partial charge in [-0.25, -0.2) is 17.2 Å². The van der Waals surface area contributed by atoms with Crippen LogP contribution in [0, 0.1) is 11.6 Å². The highest BCUT2D eigenvalue weighted by Crippen LogP contribution is 2.29. The smallest absolute Gasteiger partial charge is 0.249 e. The van der Waals surface area contributed by atoms with Gasteiger partial charge in [0.2, 0.25) is 21.1 Å². The first kappa shape index (κ1) is 22.6. The van der Waals surface area contributed by atoms with Gasteiger partial charge in [-0.2, -0.15) is 0 Å². The van der Waals surface area contributed by atoms with E-state index in [1.54, 1.807) is 31.4 Å². The fraction of sp³-hybridized carbons (Fsp3) is 0.211. The Morgan fingerprint density at radius 1 is 1.13 bits per heavy atom. The second kappa shape index (κ2) is 8.94. The molecule has 0 saturated heterocycles. The van der Waals surface area contributed by atoms with Gasteiger partial charge in [0, 0.05) is 11.6 Å². The highest BCUT2D eigenvalue weighted by molar-refractivity contribution is 7.92. The summed E-state index contributed by atoms with van der Waals surface area (Å²) in [4.78, 5) is 12.7. The molecule has 0 aliphatic heterocycles. The number of hydrogen-bond donors (Lipinski definition) is 1. The Bertz CT molecular complexity index is 1200. The van der Waals surface area contributed by atoms with E-state index in [0.717, 1.165) is 35.3 Å². The maximum absolute atomic E-state index is 13.6. The minimum Gasteiger partial charge on any atom is -0.497 e. The Labute approximate surface area is 181 Å². The first-order valence-electron chi connectivity index (χ1n) is 8.83. The number of halogens is 2. The Morgan fingerprint density at radius 3 is 2.39 bits per heavy atom. The van der Waals surface area contributed by atoms with Crippen LogP contribution in [0.5, 0.6) is 5.75 Å². The summed E-state index contributed by atoms with van der Waals surface area (Å²) in [5, 5.41) is 11.1. The number of carbonyl (C=O) groups is 1. The number of nitrogens with zero attached hydrogens (tertiary/aromatic N) is 3. The number of rotatable bonds is 7. The molecule has 164 valence electrons. The molecule has 1 atom stereocenters. The monoisotopic (exact) mass is 468 g/mol. The van der Waals surface area contributed by atoms with E-state index in [2.05, 4.69) is 15.5 Å². The lowest BCUT2D eigenvalue weighted by atomic mass is 10.2. The van der Waals surface area contributed by atoms with Crippen LogP contribution in [0.1, 0.15) is 6.92 Å². The Hall–Kier alpha value is -3.12. The van der Waals surface area contributed by atoms with Crippen LogP contribution >= 0.6 is 11.3 Å². The van der Waals surface area contributed by atoms with Crippen LogP contribution in [0.4, 0.5) is 19.6 Å². The fourth-order valence-corrected chi connectivity index (χ4v) is 4.68. The Morgan fingerprint density at radius 2 is 1.81 bits per heavy atom. The molecule has 8 nitrogen and oxygen atoms in total. The van der Waals surface area contributed by atoms with Crippen molar-refractivity contribution >= 4 is 38.1 Å². The maximum atomic E-state index is 13.6. The number of aromatic nitrogens is 2. The van der Waals surface area contributed by atoms with Crippen LogP contribution in [-0.2, 0) is 14.8 Å². The van der Waals surface area contributed by atoms with E-state index in [4.69, 9.17) is 4.74 Å². The zero-order valence-electron chi connectivity index (χ0n) is 16.7. The van der Waals surface area contributed by atoms with Crippen molar-refractivity contribution < 1.29 is 26.7 Å². The molecule has 3 rings (SSSR count). The number of nitrogens with one attached hydrogen (secondary N) is 1. The van der Waals surface area contributed by atoms with Crippen LogP contribution in [0.25, 0.3) is 10.6 Å². The molecule has 3 aromatic rings. The summed E-state index contributed by atoms with van der Waals surface area (Å²) in [6.07, 6.45) is 0.866. The first-order chi connectivity index (χ1) is 14.6. The lowest BCUT2D eigenvalue weighted by molar-refractivity contribution is -0.116. The topological polar surface area (TPSA) is 101 Å². The van der Waals surface area contributed by atoms with Gasteiger partial charge in [0.25, 0.3) is 0 Å². The van der Waals surface area contributed by atoms with E-state index >= 15 is 0 Å². The van der Waals surface area contributed by atoms with E-state index in [1.807, 2.05) is 0 Å². The van der Waals surface area contributed by atoms with Crippen molar-refractivity contribution in [2.75, 3.05) is 23.0 Å². The van der Waals surface area contributed by atoms with Crippen LogP contribution in [0.15, 0.2) is 42.5 Å². The summed E-state index contributed by atoms with van der Waals surface area (Å²) in [5.41, 5.74) is 0.576. The largest absolute Gasteiger partial charge is 0.497 e. The predicted molar refractivity (Wildman–Crippen MR) is 114 cm³/mol. The lowest BCUT2D eigenvalue weighted by Gasteiger charge is -2.27. The van der Waals surface area contributed by atoms with Crippen LogP contribution in [0.2, 0.25) is 0 Å². The molecule has 1 heterocycles. The van der Waals surface area contributed by atoms with Gasteiger partial charge in [0.1, 0.15) is 16.8 Å². The molecule has 0 unspecified atom stereocenters. The standard InChI is InChI=1S/C19H18F2N4O4S2/c1-11(25(31(3,27)28)13-6-9-15(20)16(21)10-13)17(26)22-19-24-23-18(30-19)12-4-7-14(29-2)8-5-12/h4-11H,1-3H3,(H,22,24,26)/t11-/m0/s1. The quantitative estimate of drug-likeness (QED) is 0.571. The molecule has 2 aromatic carbocycles. The fourth-order valence-electron chi connectivity index (χ4n) is 2.76. The van der Waals surface area contributed by atoms with Gasteiger partial charge in [0.15, 0.2) is 11.6 Å². The second-order valence-electron chi connectivity index (χ2n) is 6.46. The van der Waals surface area contributed by atoms with Gasteiger partial charge in [0.05, 0.1) is 19.1 Å². The molecule has 1 N–H and O–H groups in total. The van der Waals surface area contributed by atoms with Crippen molar-refractivity contribution in [2.45, 2.75) is 13.0 Å². The summed E-state index contributed by atoms with van der Waals surface area (Å²) in [6, 6.07) is 8.38. The van der Waals surface area contributed by atoms with Crippen molar-refractivity contribution in [2.24, 2.45) is 0 Å². The maximum Gasteiger partial charge on any atom is 0.249 e. The SMILES string of the molecule is COc1ccc(-c2nnc(NC(=O)[C@H](C)N(c3ccc(F)c(F)c3)S(C)(=O)=O)s2)cc1. The molecule has 1 amide bonds. The van der Waals surface area contributed by atoms with Gasteiger partial charge in [-0.05, 0) is 43.3 Å². The summed E-state index contributed by atoms with van der Waals surface area (Å²) >= 11 is 1.09. The van der Waals surface area contributed by atoms with Gasteiger partial charge < -0.3 is 4.74 Å². The molecule has 1 aromatic heterocycles. The number of ether oxygens (including phenoxy) is 1. The molecule has 0 bridgehead atoms. The third kappa shape index (κ3) is 5.14. The van der Waals surface area contributed by atoms with Crippen LogP contribution < -0.4 is 14.4 Å². The van der Waals surface area contributed by atoms with Gasteiger partial charge in [-0.1, -0.05) is 11.3 Å². The summed E-state index contributed by atoms with van der Waals surface area (Å²) in [6.45, 7) is 1.32. The molecule has 0 fully saturated rings. The van der Waals surface area contributed by atoms with E-state index in [9.17, 15) is 22.0 Å². The first-order valence-corrected chi connectivity index (χ1v) is 11.5. The predicted octanol–water partition coefficient (Wildman–Crippen LogP) is 3.29. The normalized spacial score (nSPS) is 12.3. The number of methoxy groups -OCH3 is 1. The third-order valence-electron chi connectivity index (χ3n) is 4.24. The number of hydrogen-bond acceptors (Lipinski definition) is 7. The molecule has 0 aliphatic carbocycles. The Kier molecular flexibility index (Phi) is 6.51. The van der Waals surface area contributed by atoms with Crippen molar-refractivity contribution in [1.82, 2.24) is 10.2 Å². The minimum absolute atomic E-state index is 0.154. The second-order valence-corrected chi connectivity index (χ2v) is 9.30. The average Bonchev–Trinajstić information content (AvgIpc) is 3.18. The van der Waals surface area contributed by atoms with Crippen LogP contribution in [0.3, 0.4) is 0 Å². The highest BCUT2D eigenvalue weighted by Gasteiger charge is 2.30. The average molecular weight is 469 g/mol. The Balaban J connectivity index is 1.81. The molecule has 12 heteroatoms. The molecule has 0 spiro atoms. The zero-order chi connectivity index (χ0) is 22.8. The molecule has 0 saturated carbocycles. The molecular weight excluding hydrogens is 450 g/mol. The van der Waals surface area contributed by atoms with Crippen molar-refractivity contribution in [3.63, 3.8) is 0 Å². The zero-order valence-corrected chi connectivity index (χ0v) is 18.3. The summed E-state index contributed by atoms with van der Waals surface area (Å²) in [5.74, 6) is -2.40. The molecular formula is C19H18F2N4O4S2. The van der Waals surface area contributed by atoms with Crippen molar-refractivity contribution in [1.29, 1.82) is 0 Å². The molecule has 0 aliphatic rings. The highest BCUT2D eigenvalue weighted by atomic mass is 32.2. The van der Waals surface area contributed by atoms with E-state index in [1.165, 1.54) is 6.92 Å². The van der Waals surface area contributed by atoms with Crippen LogP contribution in [-0.4, -0.2) is 43.9 Å². The van der Waals surface area contributed by atoms with Crippen molar-refractivity contribution in [3.8, 4) is 16.3 Å². The lowest BCUT2D eigenvalue weighted by Crippen LogP contribution is -2.45. The number of amides is 1. The van der Waals surface area contributed by atoms with Crippen molar-refractivity contribution in [3.05, 3.63) is 54.1 Å². The number of anilines is 2. The number of benzene rings is 2. The van der Waals surface area contributed by atoms with Gasteiger partial charge >= 0.3 is 0 Å². The van der Waals surface area contributed by atoms with Gasteiger partial charge in [-0.3, -0.25) is 14.4 Å². The third-order valence-corrected chi connectivity index (χ3v) is 6.37. The molecule has 31 heavy (non-hydrogen) atoms. The van der Waals surface area contributed by atoms with E-state index in [0.29, 0.717) is 21.1 Å².